The maximum absolute atomic E-state index is 12.0. The molecule has 132 valence electrons. The summed E-state index contributed by atoms with van der Waals surface area (Å²) in [7, 11) is 0. The summed E-state index contributed by atoms with van der Waals surface area (Å²) in [5.41, 5.74) is 0.178. The summed E-state index contributed by atoms with van der Waals surface area (Å²) in [6.45, 7) is 4.99. The lowest BCUT2D eigenvalue weighted by molar-refractivity contribution is 0.0476. The average molecular weight is 361 g/mol. The number of rotatable bonds is 5. The molecule has 0 fully saturated rings. The molecular weight excluding hydrogens is 342 g/mol. The van der Waals surface area contributed by atoms with Crippen LogP contribution in [0.15, 0.2) is 41.8 Å². The second-order valence-electron chi connectivity index (χ2n) is 6.18. The molecule has 1 aromatic carbocycles. The Hall–Kier alpha value is -2.67. The number of ketones is 1. The van der Waals surface area contributed by atoms with E-state index in [1.807, 2.05) is 0 Å². The Morgan fingerprint density at radius 1 is 1.08 bits per heavy atom. The van der Waals surface area contributed by atoms with Gasteiger partial charge in [0.1, 0.15) is 5.60 Å². The van der Waals surface area contributed by atoms with Crippen molar-refractivity contribution >= 4 is 34.9 Å². The van der Waals surface area contributed by atoms with Gasteiger partial charge in [0.15, 0.2) is 6.61 Å². The number of benzene rings is 1. The van der Waals surface area contributed by atoms with Crippen LogP contribution in [-0.4, -0.2) is 30.1 Å². The number of hydrogen-bond acceptors (Lipinski definition) is 6. The summed E-state index contributed by atoms with van der Waals surface area (Å²) >= 11 is 1.30. The third-order valence-corrected chi connectivity index (χ3v) is 3.81. The molecule has 6 nitrogen and oxygen atoms in total. The lowest BCUT2D eigenvalue weighted by atomic mass is 10.2. The highest BCUT2D eigenvalue weighted by Gasteiger charge is 2.17. The Balaban J connectivity index is 1.87. The van der Waals surface area contributed by atoms with Gasteiger partial charge in [0.05, 0.1) is 10.4 Å². The number of thiophene rings is 1. The maximum atomic E-state index is 12.0. The van der Waals surface area contributed by atoms with E-state index in [0.717, 1.165) is 0 Å². The van der Waals surface area contributed by atoms with Crippen LogP contribution in [0.1, 0.15) is 40.8 Å². The standard InChI is InChI=1S/C18H19NO5S/c1-18(2,3)24-17(22)19-13-8-6-12(7-9-13)16(21)23-11-14(20)15-5-4-10-25-15/h4-10H,11H2,1-3H3,(H,19,22). The number of ether oxygens (including phenoxy) is 2. The van der Waals surface area contributed by atoms with E-state index in [-0.39, 0.29) is 18.0 Å². The summed E-state index contributed by atoms with van der Waals surface area (Å²) in [5, 5.41) is 4.35. The van der Waals surface area contributed by atoms with E-state index >= 15 is 0 Å². The molecule has 0 bridgehead atoms. The van der Waals surface area contributed by atoms with Crippen LogP contribution < -0.4 is 5.32 Å². The van der Waals surface area contributed by atoms with E-state index in [1.165, 1.54) is 23.5 Å². The van der Waals surface area contributed by atoms with Gasteiger partial charge in [-0.15, -0.1) is 11.3 Å². The summed E-state index contributed by atoms with van der Waals surface area (Å²) < 4.78 is 10.1. The van der Waals surface area contributed by atoms with Gasteiger partial charge in [-0.1, -0.05) is 6.07 Å². The van der Waals surface area contributed by atoms with Crippen LogP contribution in [0, 0.1) is 0 Å². The minimum Gasteiger partial charge on any atom is -0.454 e. The molecule has 1 amide bonds. The minimum atomic E-state index is -0.603. The third-order valence-electron chi connectivity index (χ3n) is 2.90. The van der Waals surface area contributed by atoms with E-state index in [0.29, 0.717) is 10.6 Å². The predicted octanol–water partition coefficient (Wildman–Crippen LogP) is 4.13. The molecule has 0 aliphatic heterocycles. The molecule has 0 unspecified atom stereocenters. The molecule has 1 aromatic heterocycles. The summed E-state index contributed by atoms with van der Waals surface area (Å²) in [6.07, 6.45) is -0.579. The zero-order valence-electron chi connectivity index (χ0n) is 14.2. The molecule has 2 aromatic rings. The summed E-state index contributed by atoms with van der Waals surface area (Å²) in [6, 6.07) is 9.56. The molecule has 25 heavy (non-hydrogen) atoms. The van der Waals surface area contributed by atoms with Crippen molar-refractivity contribution in [2.24, 2.45) is 0 Å². The van der Waals surface area contributed by atoms with Gasteiger partial charge in [-0.3, -0.25) is 10.1 Å². The van der Waals surface area contributed by atoms with Crippen LogP contribution in [0.4, 0.5) is 10.5 Å². The minimum absolute atomic E-state index is 0.244. The van der Waals surface area contributed by atoms with Gasteiger partial charge in [-0.2, -0.15) is 0 Å². The monoisotopic (exact) mass is 361 g/mol. The van der Waals surface area contributed by atoms with E-state index in [2.05, 4.69) is 5.32 Å². The highest BCUT2D eigenvalue weighted by Crippen LogP contribution is 2.14. The van der Waals surface area contributed by atoms with Crippen LogP contribution in [-0.2, 0) is 9.47 Å². The first-order valence-corrected chi connectivity index (χ1v) is 8.46. The average Bonchev–Trinajstić information content (AvgIpc) is 3.05. The number of hydrogen-bond donors (Lipinski definition) is 1. The lowest BCUT2D eigenvalue weighted by Gasteiger charge is -2.19. The van der Waals surface area contributed by atoms with Crippen molar-refractivity contribution in [1.29, 1.82) is 0 Å². The quantitative estimate of drug-likeness (QED) is 0.639. The van der Waals surface area contributed by atoms with E-state index < -0.39 is 17.7 Å². The molecule has 0 atom stereocenters. The fraction of sp³-hybridized carbons (Fsp3) is 0.278. The Kier molecular flexibility index (Phi) is 5.93. The van der Waals surface area contributed by atoms with E-state index in [4.69, 9.17) is 9.47 Å². The normalized spacial score (nSPS) is 10.8. The van der Waals surface area contributed by atoms with Gasteiger partial charge in [-0.05, 0) is 56.5 Å². The number of esters is 1. The van der Waals surface area contributed by atoms with Crippen LogP contribution in [0.3, 0.4) is 0 Å². The predicted molar refractivity (Wildman–Crippen MR) is 95.2 cm³/mol. The van der Waals surface area contributed by atoms with E-state index in [1.54, 1.807) is 50.4 Å². The number of Topliss-reactive ketones (excluding diaryl/α,β-unsaturated/α-hetero) is 1. The van der Waals surface area contributed by atoms with Gasteiger partial charge >= 0.3 is 12.1 Å². The zero-order valence-corrected chi connectivity index (χ0v) is 15.0. The Morgan fingerprint density at radius 3 is 2.32 bits per heavy atom. The largest absolute Gasteiger partial charge is 0.454 e. The molecule has 0 aliphatic carbocycles. The number of anilines is 1. The second kappa shape index (κ2) is 7.94. The Labute approximate surface area is 149 Å². The smallest absolute Gasteiger partial charge is 0.412 e. The molecule has 0 radical (unpaired) electrons. The molecule has 1 heterocycles. The maximum Gasteiger partial charge on any atom is 0.412 e. The third kappa shape index (κ3) is 6.04. The van der Waals surface area contributed by atoms with Gasteiger partial charge in [0, 0.05) is 5.69 Å². The molecule has 7 heteroatoms. The first kappa shape index (κ1) is 18.7. The number of amides is 1. The van der Waals surface area contributed by atoms with Crippen molar-refractivity contribution in [2.75, 3.05) is 11.9 Å². The van der Waals surface area contributed by atoms with Gasteiger partial charge in [-0.25, -0.2) is 9.59 Å². The fourth-order valence-corrected chi connectivity index (χ4v) is 2.49. The molecule has 0 saturated carbocycles. The SMILES string of the molecule is CC(C)(C)OC(=O)Nc1ccc(C(=O)OCC(=O)c2cccs2)cc1. The van der Waals surface area contributed by atoms with Crippen molar-refractivity contribution in [1.82, 2.24) is 0 Å². The second-order valence-corrected chi connectivity index (χ2v) is 7.13. The first-order chi connectivity index (χ1) is 11.7. The lowest BCUT2D eigenvalue weighted by Crippen LogP contribution is -2.27. The highest BCUT2D eigenvalue weighted by molar-refractivity contribution is 7.12. The van der Waals surface area contributed by atoms with Crippen molar-refractivity contribution in [2.45, 2.75) is 26.4 Å². The van der Waals surface area contributed by atoms with Crippen LogP contribution in [0.2, 0.25) is 0 Å². The molecular formula is C18H19NO5S. The van der Waals surface area contributed by atoms with Crippen LogP contribution in [0.25, 0.3) is 0 Å². The van der Waals surface area contributed by atoms with Crippen LogP contribution >= 0.6 is 11.3 Å². The zero-order chi connectivity index (χ0) is 18.4. The van der Waals surface area contributed by atoms with E-state index in [9.17, 15) is 14.4 Å². The van der Waals surface area contributed by atoms with Crippen molar-refractivity contribution in [3.05, 3.63) is 52.2 Å². The number of nitrogens with one attached hydrogen (secondary N) is 1. The van der Waals surface area contributed by atoms with Crippen molar-refractivity contribution in [3.63, 3.8) is 0 Å². The number of carbonyl (C=O) groups excluding carboxylic acids is 3. The molecule has 0 saturated heterocycles. The number of carbonyl (C=O) groups is 3. The summed E-state index contributed by atoms with van der Waals surface area (Å²) in [4.78, 5) is 36.0. The molecule has 2 rings (SSSR count). The first-order valence-electron chi connectivity index (χ1n) is 7.58. The van der Waals surface area contributed by atoms with Crippen molar-refractivity contribution in [3.8, 4) is 0 Å². The fourth-order valence-electron chi connectivity index (χ4n) is 1.83. The Morgan fingerprint density at radius 2 is 1.76 bits per heavy atom. The molecule has 1 N–H and O–H groups in total. The van der Waals surface area contributed by atoms with Gasteiger partial charge < -0.3 is 9.47 Å². The summed E-state index contributed by atoms with van der Waals surface area (Å²) in [5.74, 6) is -0.847. The Bertz CT molecular complexity index is 745. The van der Waals surface area contributed by atoms with Gasteiger partial charge in [0.25, 0.3) is 0 Å². The highest BCUT2D eigenvalue weighted by atomic mass is 32.1. The van der Waals surface area contributed by atoms with Crippen molar-refractivity contribution < 1.29 is 23.9 Å². The van der Waals surface area contributed by atoms with Gasteiger partial charge in [0.2, 0.25) is 5.78 Å². The van der Waals surface area contributed by atoms with Crippen LogP contribution in [0.5, 0.6) is 0 Å². The molecule has 0 spiro atoms. The topological polar surface area (TPSA) is 81.7 Å². The molecule has 0 aliphatic rings.